The molecule has 3 amide bonds. The molecular weight excluding hydrogens is 384 g/mol. The zero-order chi connectivity index (χ0) is 19.4. The van der Waals surface area contributed by atoms with Crippen LogP contribution in [0.2, 0.25) is 5.02 Å². The van der Waals surface area contributed by atoms with E-state index in [1.165, 1.54) is 0 Å². The van der Waals surface area contributed by atoms with E-state index in [0.29, 0.717) is 21.3 Å². The largest absolute Gasteiger partial charge is 0.393 e. The normalized spacial score (nSPS) is 18.7. The summed E-state index contributed by atoms with van der Waals surface area (Å²) in [7, 11) is 0. The first kappa shape index (κ1) is 18.8. The van der Waals surface area contributed by atoms with E-state index in [1.54, 1.807) is 24.3 Å². The third-order valence-corrected chi connectivity index (χ3v) is 5.48. The zero-order valence-electron chi connectivity index (χ0n) is 14.0. The summed E-state index contributed by atoms with van der Waals surface area (Å²) in [6.07, 6.45) is 0. The van der Waals surface area contributed by atoms with E-state index in [1.807, 2.05) is 30.3 Å². The molecule has 1 aliphatic heterocycles. The number of amides is 3. The number of halogens is 1. The van der Waals surface area contributed by atoms with Gasteiger partial charge in [0.2, 0.25) is 5.91 Å². The molecule has 1 heterocycles. The molecule has 0 saturated heterocycles. The average molecular weight is 399 g/mol. The summed E-state index contributed by atoms with van der Waals surface area (Å²) in [5, 5.41) is 14.4. The van der Waals surface area contributed by atoms with Crippen molar-refractivity contribution in [3.63, 3.8) is 0 Å². The van der Waals surface area contributed by atoms with Gasteiger partial charge in [-0.3, -0.25) is 10.1 Å². The van der Waals surface area contributed by atoms with Gasteiger partial charge in [-0.15, -0.1) is 0 Å². The van der Waals surface area contributed by atoms with Crippen LogP contribution in [-0.4, -0.2) is 17.2 Å². The van der Waals surface area contributed by atoms with Crippen molar-refractivity contribution in [2.75, 3.05) is 5.32 Å². The molecule has 0 spiro atoms. The molecule has 2 atom stereocenters. The molecule has 0 radical (unpaired) electrons. The van der Waals surface area contributed by atoms with Crippen LogP contribution in [0, 0.1) is 11.3 Å². The standard InChI is InChI=1S/C19H15ClN4O2S/c20-12-6-8-13(9-7-12)23-19(26)24-18(25)16-15(11-4-2-1-3-5-11)14(10-21)17(22)27-16/h1-9,15-16H,22H2,(H2,23,24,25,26)/t15-,16-/m1/s1. The topological polar surface area (TPSA) is 108 Å². The summed E-state index contributed by atoms with van der Waals surface area (Å²) in [5.41, 5.74) is 7.57. The number of carbonyl (C=O) groups is 2. The fourth-order valence-electron chi connectivity index (χ4n) is 2.78. The van der Waals surface area contributed by atoms with Gasteiger partial charge in [-0.2, -0.15) is 5.26 Å². The zero-order valence-corrected chi connectivity index (χ0v) is 15.6. The number of imide groups is 1. The van der Waals surface area contributed by atoms with E-state index < -0.39 is 23.1 Å². The molecule has 1 aliphatic rings. The summed E-state index contributed by atoms with van der Waals surface area (Å²) in [6, 6.07) is 17.1. The molecule has 0 saturated carbocycles. The molecule has 0 bridgehead atoms. The maximum atomic E-state index is 12.7. The van der Waals surface area contributed by atoms with E-state index in [9.17, 15) is 14.9 Å². The number of carbonyl (C=O) groups excluding carboxylic acids is 2. The third kappa shape index (κ3) is 4.25. The Hall–Kier alpha value is -2.95. The molecule has 27 heavy (non-hydrogen) atoms. The Balaban J connectivity index is 1.74. The lowest BCUT2D eigenvalue weighted by atomic mass is 9.89. The van der Waals surface area contributed by atoms with Gasteiger partial charge in [0.25, 0.3) is 0 Å². The van der Waals surface area contributed by atoms with E-state index in [0.717, 1.165) is 17.3 Å². The van der Waals surface area contributed by atoms with Gasteiger partial charge in [0.15, 0.2) is 0 Å². The summed E-state index contributed by atoms with van der Waals surface area (Å²) in [6.45, 7) is 0. The molecule has 8 heteroatoms. The smallest absolute Gasteiger partial charge is 0.325 e. The Bertz CT molecular complexity index is 938. The Morgan fingerprint density at radius 1 is 1.11 bits per heavy atom. The molecule has 2 aromatic carbocycles. The van der Waals surface area contributed by atoms with Crippen molar-refractivity contribution >= 4 is 41.0 Å². The monoisotopic (exact) mass is 398 g/mol. The number of benzene rings is 2. The van der Waals surface area contributed by atoms with Crippen molar-refractivity contribution in [1.29, 1.82) is 5.26 Å². The molecular formula is C19H15ClN4O2S. The number of hydrogen-bond acceptors (Lipinski definition) is 5. The van der Waals surface area contributed by atoms with Crippen molar-refractivity contribution in [2.45, 2.75) is 11.2 Å². The maximum Gasteiger partial charge on any atom is 0.325 e. The van der Waals surface area contributed by atoms with Crippen molar-refractivity contribution in [1.82, 2.24) is 5.32 Å². The van der Waals surface area contributed by atoms with Crippen LogP contribution in [0.4, 0.5) is 10.5 Å². The highest BCUT2D eigenvalue weighted by atomic mass is 35.5. The van der Waals surface area contributed by atoms with Crippen molar-refractivity contribution in [3.05, 3.63) is 75.8 Å². The molecule has 0 unspecified atom stereocenters. The van der Waals surface area contributed by atoms with Crippen LogP contribution in [0.15, 0.2) is 65.2 Å². The van der Waals surface area contributed by atoms with Crippen LogP contribution in [0.5, 0.6) is 0 Å². The van der Waals surface area contributed by atoms with Crippen LogP contribution in [-0.2, 0) is 4.79 Å². The number of thioether (sulfide) groups is 1. The molecule has 136 valence electrons. The van der Waals surface area contributed by atoms with Gasteiger partial charge in [-0.25, -0.2) is 4.79 Å². The number of hydrogen-bond donors (Lipinski definition) is 3. The molecule has 0 aliphatic carbocycles. The van der Waals surface area contributed by atoms with Gasteiger partial charge in [-0.05, 0) is 29.8 Å². The van der Waals surface area contributed by atoms with Gasteiger partial charge in [0.1, 0.15) is 5.25 Å². The highest BCUT2D eigenvalue weighted by molar-refractivity contribution is 8.04. The van der Waals surface area contributed by atoms with Crippen LogP contribution in [0.1, 0.15) is 11.5 Å². The predicted molar refractivity (Wildman–Crippen MR) is 106 cm³/mol. The van der Waals surface area contributed by atoms with E-state index in [4.69, 9.17) is 17.3 Å². The molecule has 3 rings (SSSR count). The summed E-state index contributed by atoms with van der Waals surface area (Å²) in [4.78, 5) is 24.8. The minimum Gasteiger partial charge on any atom is -0.393 e. The Morgan fingerprint density at radius 2 is 1.78 bits per heavy atom. The first-order valence-electron chi connectivity index (χ1n) is 7.98. The molecule has 0 fully saturated rings. The first-order chi connectivity index (χ1) is 13.0. The lowest BCUT2D eigenvalue weighted by Gasteiger charge is -2.19. The lowest BCUT2D eigenvalue weighted by Crippen LogP contribution is -2.41. The number of nitrogens with zero attached hydrogens (tertiary/aromatic N) is 1. The van der Waals surface area contributed by atoms with Crippen LogP contribution in [0.3, 0.4) is 0 Å². The second-order valence-corrected chi connectivity index (χ2v) is 7.39. The fourth-order valence-corrected chi connectivity index (χ4v) is 4.08. The van der Waals surface area contributed by atoms with E-state index >= 15 is 0 Å². The van der Waals surface area contributed by atoms with Gasteiger partial charge in [0, 0.05) is 16.6 Å². The van der Waals surface area contributed by atoms with Gasteiger partial charge in [-0.1, -0.05) is 53.7 Å². The third-order valence-electron chi connectivity index (χ3n) is 4.01. The van der Waals surface area contributed by atoms with Gasteiger partial charge < -0.3 is 11.1 Å². The number of anilines is 1. The Labute approximate surface area is 165 Å². The summed E-state index contributed by atoms with van der Waals surface area (Å²) in [5.74, 6) is -1.03. The van der Waals surface area contributed by atoms with Crippen LogP contribution in [0.25, 0.3) is 0 Å². The lowest BCUT2D eigenvalue weighted by molar-refractivity contribution is -0.119. The molecule has 4 N–H and O–H groups in total. The molecule has 2 aromatic rings. The average Bonchev–Trinajstić information content (AvgIpc) is 3.00. The second kappa shape index (κ2) is 8.16. The summed E-state index contributed by atoms with van der Waals surface area (Å²) < 4.78 is 0. The summed E-state index contributed by atoms with van der Waals surface area (Å²) >= 11 is 6.89. The Morgan fingerprint density at radius 3 is 2.41 bits per heavy atom. The van der Waals surface area contributed by atoms with Crippen molar-refractivity contribution < 1.29 is 9.59 Å². The van der Waals surface area contributed by atoms with E-state index in [2.05, 4.69) is 16.7 Å². The van der Waals surface area contributed by atoms with Crippen LogP contribution < -0.4 is 16.4 Å². The van der Waals surface area contributed by atoms with Crippen molar-refractivity contribution in [2.24, 2.45) is 5.73 Å². The fraction of sp³-hybridized carbons (Fsp3) is 0.105. The number of allylic oxidation sites excluding steroid dienone is 1. The molecule has 0 aromatic heterocycles. The first-order valence-corrected chi connectivity index (χ1v) is 9.24. The SMILES string of the molecule is N#CC1=C(N)S[C@@H](C(=O)NC(=O)Nc2ccc(Cl)cc2)[C@@H]1c1ccccc1. The highest BCUT2D eigenvalue weighted by Crippen LogP contribution is 2.45. The molecule has 6 nitrogen and oxygen atoms in total. The van der Waals surface area contributed by atoms with Gasteiger partial charge in [0.05, 0.1) is 16.7 Å². The Kier molecular flexibility index (Phi) is 5.69. The minimum absolute atomic E-state index is 0.296. The van der Waals surface area contributed by atoms with E-state index in [-0.39, 0.29) is 0 Å². The number of nitrogens with one attached hydrogen (secondary N) is 2. The minimum atomic E-state index is -0.710. The predicted octanol–water partition coefficient (Wildman–Crippen LogP) is 3.58. The second-order valence-electron chi connectivity index (χ2n) is 5.77. The van der Waals surface area contributed by atoms with Crippen molar-refractivity contribution in [3.8, 4) is 6.07 Å². The number of urea groups is 1. The van der Waals surface area contributed by atoms with Crippen LogP contribution >= 0.6 is 23.4 Å². The maximum absolute atomic E-state index is 12.7. The number of nitrogens with two attached hydrogens (primary N) is 1. The number of rotatable bonds is 3. The quantitative estimate of drug-likeness (QED) is 0.732. The highest BCUT2D eigenvalue weighted by Gasteiger charge is 2.41. The number of nitriles is 1. The van der Waals surface area contributed by atoms with Gasteiger partial charge >= 0.3 is 6.03 Å².